The molecule has 2 aromatic rings. The zero-order chi connectivity index (χ0) is 20.0. The topological polar surface area (TPSA) is 37.4 Å². The van der Waals surface area contributed by atoms with Gasteiger partial charge in [0, 0.05) is 36.1 Å². The van der Waals surface area contributed by atoms with Crippen molar-refractivity contribution in [1.82, 2.24) is 0 Å². The van der Waals surface area contributed by atoms with Gasteiger partial charge >= 0.3 is 0 Å². The van der Waals surface area contributed by atoms with E-state index in [0.717, 1.165) is 37.1 Å². The van der Waals surface area contributed by atoms with Crippen molar-refractivity contribution in [2.24, 2.45) is 11.3 Å². The summed E-state index contributed by atoms with van der Waals surface area (Å²) in [6.07, 6.45) is 5.26. The van der Waals surface area contributed by atoms with Gasteiger partial charge in [0.2, 0.25) is 0 Å². The summed E-state index contributed by atoms with van der Waals surface area (Å²) in [5, 5.41) is 0.714. The molecular weight excluding hydrogens is 382 g/mol. The molecule has 0 amide bonds. The quantitative estimate of drug-likeness (QED) is 0.655. The lowest BCUT2D eigenvalue weighted by Crippen LogP contribution is -2.64. The van der Waals surface area contributed by atoms with Gasteiger partial charge in [-0.3, -0.25) is 9.59 Å². The van der Waals surface area contributed by atoms with Crippen molar-refractivity contribution in [3.63, 3.8) is 0 Å². The third-order valence-corrected chi connectivity index (χ3v) is 7.51. The predicted octanol–water partition coefficient (Wildman–Crippen LogP) is 5.03. The van der Waals surface area contributed by atoms with Crippen LogP contribution in [0.5, 0.6) is 0 Å². The van der Waals surface area contributed by atoms with Crippen molar-refractivity contribution in [2.75, 3.05) is 11.4 Å². The molecule has 1 aliphatic carbocycles. The van der Waals surface area contributed by atoms with E-state index < -0.39 is 5.41 Å². The number of piperidine rings is 1. The van der Waals surface area contributed by atoms with Crippen LogP contribution in [0.4, 0.5) is 5.69 Å². The first-order valence-corrected chi connectivity index (χ1v) is 11.1. The van der Waals surface area contributed by atoms with E-state index in [4.69, 9.17) is 11.6 Å². The maximum absolute atomic E-state index is 13.3. The average Bonchev–Trinajstić information content (AvgIpc) is 2.73. The first-order chi connectivity index (χ1) is 14.1. The molecule has 0 bridgehead atoms. The van der Waals surface area contributed by atoms with Gasteiger partial charge in [0.25, 0.3) is 0 Å². The Morgan fingerprint density at radius 2 is 1.79 bits per heavy atom. The van der Waals surface area contributed by atoms with Crippen LogP contribution in [-0.2, 0) is 22.4 Å². The normalized spacial score (nSPS) is 25.6. The zero-order valence-corrected chi connectivity index (χ0v) is 17.3. The maximum Gasteiger partial charge on any atom is 0.148 e. The number of rotatable bonds is 2. The summed E-state index contributed by atoms with van der Waals surface area (Å²) in [5.41, 5.74) is 2.68. The molecule has 0 aromatic heterocycles. The number of Topliss-reactive ketones (excluding diaryl/α,β-unsaturated/α-hetero) is 2. The average molecular weight is 408 g/mol. The monoisotopic (exact) mass is 407 g/mol. The number of ketones is 2. The third-order valence-electron chi connectivity index (χ3n) is 7.28. The summed E-state index contributed by atoms with van der Waals surface area (Å²) in [6, 6.07) is 16.4. The number of benzene rings is 2. The zero-order valence-electron chi connectivity index (χ0n) is 16.6. The Labute approximate surface area is 177 Å². The molecule has 2 heterocycles. The number of hydrogen-bond donors (Lipinski definition) is 0. The fourth-order valence-electron chi connectivity index (χ4n) is 5.88. The molecular formula is C25H26ClNO2. The number of nitrogens with zero attached hydrogens (tertiary/aromatic N) is 1. The van der Waals surface area contributed by atoms with Crippen LogP contribution in [0.3, 0.4) is 0 Å². The van der Waals surface area contributed by atoms with Gasteiger partial charge in [0.1, 0.15) is 17.0 Å². The van der Waals surface area contributed by atoms with Gasteiger partial charge in [-0.15, -0.1) is 0 Å². The summed E-state index contributed by atoms with van der Waals surface area (Å²) in [6.45, 7) is 0.873. The fraction of sp³-hybridized carbons (Fsp3) is 0.440. The number of carbonyl (C=O) groups is 2. The summed E-state index contributed by atoms with van der Waals surface area (Å²) in [7, 11) is 0. The number of hydrogen-bond acceptors (Lipinski definition) is 3. The van der Waals surface area contributed by atoms with Crippen LogP contribution < -0.4 is 4.90 Å². The Bertz CT molecular complexity index is 939. The van der Waals surface area contributed by atoms with Crippen LogP contribution in [0.1, 0.15) is 43.2 Å². The molecule has 1 saturated carbocycles. The van der Waals surface area contributed by atoms with E-state index in [1.165, 1.54) is 5.56 Å². The minimum absolute atomic E-state index is 0.0452. The second kappa shape index (κ2) is 7.28. The van der Waals surface area contributed by atoms with Gasteiger partial charge in [-0.1, -0.05) is 48.0 Å². The maximum atomic E-state index is 13.3. The molecule has 29 heavy (non-hydrogen) atoms. The van der Waals surface area contributed by atoms with Crippen LogP contribution in [-0.4, -0.2) is 24.2 Å². The largest absolute Gasteiger partial charge is 0.367 e. The van der Waals surface area contributed by atoms with E-state index in [2.05, 4.69) is 29.2 Å². The van der Waals surface area contributed by atoms with Gasteiger partial charge in [-0.25, -0.2) is 0 Å². The lowest BCUT2D eigenvalue weighted by atomic mass is 9.59. The summed E-state index contributed by atoms with van der Waals surface area (Å²) in [4.78, 5) is 28.9. The van der Waals surface area contributed by atoms with Crippen LogP contribution in [0.2, 0.25) is 5.02 Å². The lowest BCUT2D eigenvalue weighted by molar-refractivity contribution is -0.146. The van der Waals surface area contributed by atoms with Crippen molar-refractivity contribution in [3.05, 3.63) is 64.7 Å². The molecule has 2 aliphatic heterocycles. The van der Waals surface area contributed by atoms with Crippen molar-refractivity contribution >= 4 is 28.9 Å². The van der Waals surface area contributed by atoms with Gasteiger partial charge in [0.15, 0.2) is 0 Å². The fourth-order valence-corrected chi connectivity index (χ4v) is 6.05. The molecule has 2 aromatic carbocycles. The lowest BCUT2D eigenvalue weighted by Gasteiger charge is -2.54. The molecule has 3 nitrogen and oxygen atoms in total. The molecule has 4 heteroatoms. The van der Waals surface area contributed by atoms with Crippen molar-refractivity contribution in [1.29, 1.82) is 0 Å². The standard InChI is InChI=1S/C25H26ClNO2/c26-20-10-9-19-16-25(23(28)7-4-8-24(25)29)22-14-18(11-12-27(22)21(19)15-20)13-17-5-2-1-3-6-17/h1-3,5-6,9-10,15,18,22H,4,7-8,11-14,16H2/t18-,22+/m0/s1. The van der Waals surface area contributed by atoms with E-state index >= 15 is 0 Å². The highest BCUT2D eigenvalue weighted by Crippen LogP contribution is 2.50. The SMILES string of the molecule is O=C1CCCC(=O)C12Cc1ccc(Cl)cc1N1CC[C@@H](Cc3ccccc3)C[C@@H]12. The predicted molar refractivity (Wildman–Crippen MR) is 115 cm³/mol. The second-order valence-corrected chi connectivity index (χ2v) is 9.35. The minimum Gasteiger partial charge on any atom is -0.367 e. The van der Waals surface area contributed by atoms with Gasteiger partial charge in [0.05, 0.1) is 0 Å². The summed E-state index contributed by atoms with van der Waals surface area (Å²) in [5.74, 6) is 0.799. The molecule has 3 aliphatic rings. The third kappa shape index (κ3) is 3.11. The summed E-state index contributed by atoms with van der Waals surface area (Å²) >= 11 is 6.32. The Balaban J connectivity index is 1.54. The van der Waals surface area contributed by atoms with E-state index in [1.54, 1.807) is 0 Å². The second-order valence-electron chi connectivity index (χ2n) is 8.91. The van der Waals surface area contributed by atoms with E-state index in [0.29, 0.717) is 36.6 Å². The molecule has 1 spiro atoms. The van der Waals surface area contributed by atoms with Crippen molar-refractivity contribution < 1.29 is 9.59 Å². The van der Waals surface area contributed by atoms with Crippen LogP contribution in [0, 0.1) is 11.3 Å². The number of halogens is 1. The molecule has 2 atom stereocenters. The van der Waals surface area contributed by atoms with E-state index in [-0.39, 0.29) is 17.6 Å². The smallest absolute Gasteiger partial charge is 0.148 e. The minimum atomic E-state index is -0.867. The number of anilines is 1. The highest BCUT2D eigenvalue weighted by Gasteiger charge is 2.58. The Morgan fingerprint density at radius 1 is 1.03 bits per heavy atom. The highest BCUT2D eigenvalue weighted by atomic mass is 35.5. The van der Waals surface area contributed by atoms with Crippen LogP contribution >= 0.6 is 11.6 Å². The Hall–Kier alpha value is -2.13. The number of carbonyl (C=O) groups excluding carboxylic acids is 2. The molecule has 0 radical (unpaired) electrons. The van der Waals surface area contributed by atoms with Crippen molar-refractivity contribution in [2.45, 2.75) is 51.0 Å². The Morgan fingerprint density at radius 3 is 2.55 bits per heavy atom. The van der Waals surface area contributed by atoms with Crippen LogP contribution in [0.25, 0.3) is 0 Å². The summed E-state index contributed by atoms with van der Waals surface area (Å²) < 4.78 is 0. The molecule has 5 rings (SSSR count). The van der Waals surface area contributed by atoms with Gasteiger partial charge in [-0.05, 0) is 61.3 Å². The highest BCUT2D eigenvalue weighted by molar-refractivity contribution is 6.31. The molecule has 150 valence electrons. The first kappa shape index (κ1) is 18.9. The van der Waals surface area contributed by atoms with E-state index in [1.807, 2.05) is 24.3 Å². The van der Waals surface area contributed by atoms with Gasteiger partial charge in [-0.2, -0.15) is 0 Å². The first-order valence-electron chi connectivity index (χ1n) is 10.7. The van der Waals surface area contributed by atoms with Gasteiger partial charge < -0.3 is 4.90 Å². The number of fused-ring (bicyclic) bond motifs is 4. The van der Waals surface area contributed by atoms with Crippen LogP contribution in [0.15, 0.2) is 48.5 Å². The molecule has 0 N–H and O–H groups in total. The molecule has 0 unspecified atom stereocenters. The van der Waals surface area contributed by atoms with Crippen molar-refractivity contribution in [3.8, 4) is 0 Å². The molecule has 1 saturated heterocycles. The molecule has 2 fully saturated rings. The van der Waals surface area contributed by atoms with E-state index in [9.17, 15) is 9.59 Å². The Kier molecular flexibility index (Phi) is 4.74.